The third-order valence-corrected chi connectivity index (χ3v) is 5.91. The number of carbonyl (C=O) groups is 1. The van der Waals surface area contributed by atoms with E-state index in [0.29, 0.717) is 11.0 Å². The molecule has 2 heterocycles. The average molecular weight is 386 g/mol. The first-order valence-corrected chi connectivity index (χ1v) is 9.82. The predicted octanol–water partition coefficient (Wildman–Crippen LogP) is 4.13. The Kier molecular flexibility index (Phi) is 4.73. The summed E-state index contributed by atoms with van der Waals surface area (Å²) in [5.41, 5.74) is 0.114. The topological polar surface area (TPSA) is 87.7 Å². The van der Waals surface area contributed by atoms with E-state index in [0.717, 1.165) is 23.4 Å². The van der Waals surface area contributed by atoms with E-state index in [2.05, 4.69) is 20.5 Å². The third kappa shape index (κ3) is 3.37. The molecule has 0 saturated heterocycles. The minimum absolute atomic E-state index is 0.0104. The van der Waals surface area contributed by atoms with Gasteiger partial charge >= 0.3 is 0 Å². The summed E-state index contributed by atoms with van der Waals surface area (Å²) in [5, 5.41) is 9.45. The lowest BCUT2D eigenvalue weighted by Gasteiger charge is -2.20. The molecule has 1 aliphatic rings. The maximum absolute atomic E-state index is 13.8. The number of aromatic nitrogens is 3. The molecular formula is C19H19FN4O2S. The van der Waals surface area contributed by atoms with Gasteiger partial charge in [0.2, 0.25) is 5.43 Å². The van der Waals surface area contributed by atoms with Crippen molar-refractivity contribution in [3.05, 3.63) is 50.5 Å². The number of rotatable bonds is 3. The van der Waals surface area contributed by atoms with Gasteiger partial charge in [0.1, 0.15) is 11.3 Å². The molecule has 1 amide bonds. The molecule has 2 N–H and O–H groups in total. The monoisotopic (exact) mass is 386 g/mol. The number of benzene rings is 1. The van der Waals surface area contributed by atoms with Gasteiger partial charge in [-0.15, -0.1) is 11.3 Å². The first-order valence-electron chi connectivity index (χ1n) is 9.00. The van der Waals surface area contributed by atoms with E-state index in [1.165, 1.54) is 48.8 Å². The van der Waals surface area contributed by atoms with E-state index in [1.807, 2.05) is 6.92 Å². The highest BCUT2D eigenvalue weighted by atomic mass is 32.1. The summed E-state index contributed by atoms with van der Waals surface area (Å²) in [6.45, 7) is 2.00. The van der Waals surface area contributed by atoms with Gasteiger partial charge in [0.05, 0.1) is 11.1 Å². The number of carbonyl (C=O) groups excluding carboxylic acids is 1. The van der Waals surface area contributed by atoms with Gasteiger partial charge in [-0.25, -0.2) is 9.37 Å². The van der Waals surface area contributed by atoms with E-state index >= 15 is 0 Å². The molecule has 0 bridgehead atoms. The van der Waals surface area contributed by atoms with E-state index in [1.54, 1.807) is 0 Å². The molecule has 1 aromatic carbocycles. The van der Waals surface area contributed by atoms with Crippen LogP contribution in [0.5, 0.6) is 0 Å². The Bertz CT molecular complexity index is 1070. The lowest BCUT2D eigenvalue weighted by atomic mass is 9.87. The van der Waals surface area contributed by atoms with Crippen LogP contribution in [0.2, 0.25) is 0 Å². The van der Waals surface area contributed by atoms with Gasteiger partial charge in [0.25, 0.3) is 5.91 Å². The van der Waals surface area contributed by atoms with Gasteiger partial charge in [-0.2, -0.15) is 5.10 Å². The van der Waals surface area contributed by atoms with Crippen molar-refractivity contribution in [3.63, 3.8) is 0 Å². The van der Waals surface area contributed by atoms with E-state index in [4.69, 9.17) is 0 Å². The maximum atomic E-state index is 13.8. The molecule has 8 heteroatoms. The summed E-state index contributed by atoms with van der Waals surface area (Å²) >= 11 is 1.40. The second-order valence-electron chi connectivity index (χ2n) is 6.81. The van der Waals surface area contributed by atoms with Crippen molar-refractivity contribution in [2.45, 2.75) is 44.9 Å². The highest BCUT2D eigenvalue weighted by Crippen LogP contribution is 2.36. The summed E-state index contributed by atoms with van der Waals surface area (Å²) in [6.07, 6.45) is 5.91. The first kappa shape index (κ1) is 17.8. The molecule has 0 aliphatic heterocycles. The Hall–Kier alpha value is -2.61. The second kappa shape index (κ2) is 7.19. The predicted molar refractivity (Wildman–Crippen MR) is 103 cm³/mol. The van der Waals surface area contributed by atoms with Crippen LogP contribution in [0.25, 0.3) is 10.9 Å². The minimum Gasteiger partial charge on any atom is -0.296 e. The number of thiazole rings is 1. The number of halogens is 1. The third-order valence-electron chi connectivity index (χ3n) is 5.01. The molecule has 27 heavy (non-hydrogen) atoms. The van der Waals surface area contributed by atoms with Crippen molar-refractivity contribution in [3.8, 4) is 0 Å². The number of aromatic amines is 1. The molecule has 2 aromatic heterocycles. The minimum atomic E-state index is -0.647. The standard InChI is InChI=1S/C19H19FN4O2S/c1-10-14(11-6-3-2-4-7-11)21-19(27-10)22-18(26)16-17(25)12-8-5-9-13(20)15(12)23-24-16/h5,8-9,11H,2-4,6-7H2,1H3,(H,23,25)(H,21,22,26). The number of nitrogens with zero attached hydrogens (tertiary/aromatic N) is 2. The number of anilines is 1. The average Bonchev–Trinajstić information content (AvgIpc) is 3.03. The molecule has 1 fully saturated rings. The van der Waals surface area contributed by atoms with Crippen LogP contribution < -0.4 is 10.7 Å². The van der Waals surface area contributed by atoms with Crippen molar-refractivity contribution in [2.75, 3.05) is 5.32 Å². The number of aryl methyl sites for hydroxylation is 1. The van der Waals surface area contributed by atoms with Crippen LogP contribution in [0.3, 0.4) is 0 Å². The Morgan fingerprint density at radius 2 is 2.07 bits per heavy atom. The van der Waals surface area contributed by atoms with Gasteiger partial charge in [0.15, 0.2) is 10.8 Å². The summed E-state index contributed by atoms with van der Waals surface area (Å²) < 4.78 is 13.8. The smallest absolute Gasteiger partial charge is 0.281 e. The van der Waals surface area contributed by atoms with Gasteiger partial charge in [-0.3, -0.25) is 20.0 Å². The highest BCUT2D eigenvalue weighted by Gasteiger charge is 2.23. The number of fused-ring (bicyclic) bond motifs is 1. The fraction of sp³-hybridized carbons (Fsp3) is 0.368. The van der Waals surface area contributed by atoms with Gasteiger partial charge in [0, 0.05) is 10.8 Å². The molecule has 0 atom stereocenters. The fourth-order valence-corrected chi connectivity index (χ4v) is 4.54. The molecule has 6 nitrogen and oxygen atoms in total. The molecule has 1 aliphatic carbocycles. The molecule has 3 aromatic rings. The number of para-hydroxylation sites is 1. The van der Waals surface area contributed by atoms with Crippen LogP contribution in [-0.2, 0) is 0 Å². The van der Waals surface area contributed by atoms with Gasteiger partial charge < -0.3 is 0 Å². The SMILES string of the molecule is Cc1sc(NC(=O)c2n[nH]c3c(F)cccc3c2=O)nc1C1CCCCC1. The molecule has 0 radical (unpaired) electrons. The molecule has 1 saturated carbocycles. The normalized spacial score (nSPS) is 15.2. The van der Waals surface area contributed by atoms with Crippen LogP contribution in [0.4, 0.5) is 9.52 Å². The largest absolute Gasteiger partial charge is 0.296 e. The van der Waals surface area contributed by atoms with Gasteiger partial charge in [-0.05, 0) is 31.9 Å². The van der Waals surface area contributed by atoms with Crippen LogP contribution >= 0.6 is 11.3 Å². The van der Waals surface area contributed by atoms with E-state index in [-0.39, 0.29) is 16.6 Å². The summed E-state index contributed by atoms with van der Waals surface area (Å²) in [7, 11) is 0. The maximum Gasteiger partial charge on any atom is 0.281 e. The Morgan fingerprint density at radius 3 is 2.85 bits per heavy atom. The Labute approximate surface area is 158 Å². The lowest BCUT2D eigenvalue weighted by Crippen LogP contribution is -2.24. The second-order valence-corrected chi connectivity index (χ2v) is 8.02. The van der Waals surface area contributed by atoms with Crippen molar-refractivity contribution >= 4 is 33.3 Å². The number of hydrogen-bond donors (Lipinski definition) is 2. The summed E-state index contributed by atoms with van der Waals surface area (Å²) in [6, 6.07) is 4.12. The quantitative estimate of drug-likeness (QED) is 0.709. The number of nitrogens with one attached hydrogen (secondary N) is 2. The van der Waals surface area contributed by atoms with Crippen LogP contribution in [0.15, 0.2) is 23.0 Å². The van der Waals surface area contributed by atoms with Crippen LogP contribution in [-0.4, -0.2) is 21.1 Å². The molecular weight excluding hydrogens is 367 g/mol. The van der Waals surface area contributed by atoms with Crippen molar-refractivity contribution in [1.29, 1.82) is 0 Å². The van der Waals surface area contributed by atoms with Crippen molar-refractivity contribution in [2.24, 2.45) is 0 Å². The summed E-state index contributed by atoms with van der Waals surface area (Å²) in [4.78, 5) is 30.7. The van der Waals surface area contributed by atoms with E-state index in [9.17, 15) is 14.0 Å². The molecule has 0 unspecified atom stereocenters. The zero-order valence-corrected chi connectivity index (χ0v) is 15.7. The number of hydrogen-bond acceptors (Lipinski definition) is 5. The number of amides is 1. The molecule has 4 rings (SSSR count). The Balaban J connectivity index is 1.60. The number of H-pyrrole nitrogens is 1. The lowest BCUT2D eigenvalue weighted by molar-refractivity contribution is 0.102. The van der Waals surface area contributed by atoms with Crippen LogP contribution in [0.1, 0.15) is 59.1 Å². The highest BCUT2D eigenvalue weighted by molar-refractivity contribution is 7.15. The molecule has 140 valence electrons. The van der Waals surface area contributed by atoms with Crippen LogP contribution in [0, 0.1) is 12.7 Å². The zero-order chi connectivity index (χ0) is 19.0. The first-order chi connectivity index (χ1) is 13.0. The fourth-order valence-electron chi connectivity index (χ4n) is 3.64. The zero-order valence-electron chi connectivity index (χ0n) is 14.8. The Morgan fingerprint density at radius 1 is 1.30 bits per heavy atom. The molecule has 0 spiro atoms. The van der Waals surface area contributed by atoms with Crippen molar-refractivity contribution in [1.82, 2.24) is 15.2 Å². The summed E-state index contributed by atoms with van der Waals surface area (Å²) in [5.74, 6) is -0.797. The van der Waals surface area contributed by atoms with Gasteiger partial charge in [-0.1, -0.05) is 25.3 Å². The van der Waals surface area contributed by atoms with Crippen molar-refractivity contribution < 1.29 is 9.18 Å². The van der Waals surface area contributed by atoms with E-state index < -0.39 is 17.2 Å².